The Labute approximate surface area is 139 Å². The molecule has 2 atom stereocenters. The van der Waals surface area contributed by atoms with Crippen LogP contribution >= 0.6 is 0 Å². The van der Waals surface area contributed by atoms with Crippen molar-refractivity contribution in [1.29, 1.82) is 0 Å². The Morgan fingerprint density at radius 1 is 1.43 bits per heavy atom. The average Bonchev–Trinajstić information content (AvgIpc) is 2.51. The van der Waals surface area contributed by atoms with Gasteiger partial charge in [0.05, 0.1) is 12.6 Å². The molecule has 1 heterocycles. The average molecular weight is 319 g/mol. The summed E-state index contributed by atoms with van der Waals surface area (Å²) in [5.74, 6) is 0.925. The lowest BCUT2D eigenvalue weighted by atomic mass is 10.1. The third-order valence-corrected chi connectivity index (χ3v) is 4.42. The number of benzene rings is 1. The molecular weight excluding hydrogens is 290 g/mol. The Morgan fingerprint density at radius 3 is 2.91 bits per heavy atom. The van der Waals surface area contributed by atoms with Gasteiger partial charge in [0.15, 0.2) is 0 Å². The van der Waals surface area contributed by atoms with Crippen LogP contribution in [0.1, 0.15) is 19.4 Å². The minimum absolute atomic E-state index is 0.0780. The van der Waals surface area contributed by atoms with Gasteiger partial charge >= 0.3 is 0 Å². The van der Waals surface area contributed by atoms with Gasteiger partial charge in [-0.1, -0.05) is 12.1 Å². The fourth-order valence-corrected chi connectivity index (χ4v) is 3.08. The third-order valence-electron chi connectivity index (χ3n) is 4.42. The van der Waals surface area contributed by atoms with Crippen LogP contribution < -0.4 is 10.1 Å². The van der Waals surface area contributed by atoms with Gasteiger partial charge in [-0.3, -0.25) is 9.69 Å². The number of nitrogens with one attached hydrogen (secondary N) is 1. The fourth-order valence-electron chi connectivity index (χ4n) is 3.08. The zero-order valence-corrected chi connectivity index (χ0v) is 14.7. The van der Waals surface area contributed by atoms with Crippen molar-refractivity contribution in [2.24, 2.45) is 0 Å². The molecule has 5 heteroatoms. The van der Waals surface area contributed by atoms with E-state index in [9.17, 15) is 4.79 Å². The molecule has 1 N–H and O–H groups in total. The Hall–Kier alpha value is -1.59. The molecule has 0 radical (unpaired) electrons. The van der Waals surface area contributed by atoms with E-state index < -0.39 is 0 Å². The standard InChI is InChI=1S/C18H29N3O2/c1-14-6-5-7-17(12-14)23-11-8-19-18(22)16(3)21-10-9-20(4)13-15(21)2/h5-7,12,15-16H,8-11,13H2,1-4H3,(H,19,22)/t15-,16+/m0/s1. The molecule has 1 fully saturated rings. The molecule has 5 nitrogen and oxygen atoms in total. The van der Waals surface area contributed by atoms with Gasteiger partial charge in [-0.25, -0.2) is 0 Å². The number of hydrogen-bond donors (Lipinski definition) is 1. The van der Waals surface area contributed by atoms with Gasteiger partial charge in [0.25, 0.3) is 0 Å². The van der Waals surface area contributed by atoms with Gasteiger partial charge in [-0.05, 0) is 45.5 Å². The molecule has 0 unspecified atom stereocenters. The van der Waals surface area contributed by atoms with E-state index in [4.69, 9.17) is 4.74 Å². The van der Waals surface area contributed by atoms with Crippen molar-refractivity contribution >= 4 is 5.91 Å². The predicted molar refractivity (Wildman–Crippen MR) is 92.8 cm³/mol. The van der Waals surface area contributed by atoms with Crippen LogP contribution in [0, 0.1) is 6.92 Å². The zero-order chi connectivity index (χ0) is 16.8. The molecule has 0 aromatic heterocycles. The number of amides is 1. The number of aryl methyl sites for hydroxylation is 1. The SMILES string of the molecule is Cc1cccc(OCCNC(=O)[C@@H](C)N2CCN(C)C[C@@H]2C)c1. The minimum atomic E-state index is -0.0994. The van der Waals surface area contributed by atoms with Crippen molar-refractivity contribution in [2.75, 3.05) is 39.8 Å². The maximum Gasteiger partial charge on any atom is 0.237 e. The smallest absolute Gasteiger partial charge is 0.237 e. The quantitative estimate of drug-likeness (QED) is 0.808. The van der Waals surface area contributed by atoms with Crippen LogP contribution in [0.3, 0.4) is 0 Å². The lowest BCUT2D eigenvalue weighted by molar-refractivity contribution is -0.127. The number of carbonyl (C=O) groups excluding carboxylic acids is 1. The van der Waals surface area contributed by atoms with Crippen molar-refractivity contribution in [1.82, 2.24) is 15.1 Å². The number of ether oxygens (including phenoxy) is 1. The molecule has 1 aliphatic heterocycles. The summed E-state index contributed by atoms with van der Waals surface area (Å²) in [7, 11) is 2.13. The summed E-state index contributed by atoms with van der Waals surface area (Å²) in [5, 5.41) is 2.98. The number of likely N-dealkylation sites (N-methyl/N-ethyl adjacent to an activating group) is 1. The van der Waals surface area contributed by atoms with Crippen LogP contribution in [0.25, 0.3) is 0 Å². The van der Waals surface area contributed by atoms with E-state index in [1.807, 2.05) is 38.1 Å². The maximum absolute atomic E-state index is 12.3. The molecule has 1 aromatic rings. The molecule has 128 valence electrons. The third kappa shape index (κ3) is 5.22. The summed E-state index contributed by atoms with van der Waals surface area (Å²) in [6, 6.07) is 8.24. The fraction of sp³-hybridized carbons (Fsp3) is 0.611. The number of rotatable bonds is 6. The second kappa shape index (κ2) is 8.31. The van der Waals surface area contributed by atoms with Crippen LogP contribution in [0.4, 0.5) is 0 Å². The van der Waals surface area contributed by atoms with Crippen molar-refractivity contribution < 1.29 is 9.53 Å². The number of hydrogen-bond acceptors (Lipinski definition) is 4. The van der Waals surface area contributed by atoms with Crippen LogP contribution in [0.15, 0.2) is 24.3 Å². The van der Waals surface area contributed by atoms with Crippen molar-refractivity contribution in [3.63, 3.8) is 0 Å². The van der Waals surface area contributed by atoms with Crippen LogP contribution in [0.5, 0.6) is 5.75 Å². The second-order valence-corrected chi connectivity index (χ2v) is 6.48. The highest BCUT2D eigenvalue weighted by Crippen LogP contribution is 2.13. The molecular formula is C18H29N3O2. The molecule has 1 aromatic carbocycles. The monoisotopic (exact) mass is 319 g/mol. The molecule has 1 aliphatic rings. The molecule has 0 bridgehead atoms. The first-order valence-electron chi connectivity index (χ1n) is 8.39. The minimum Gasteiger partial charge on any atom is -0.492 e. The first kappa shape index (κ1) is 17.8. The summed E-state index contributed by atoms with van der Waals surface area (Å²) in [4.78, 5) is 16.9. The summed E-state index contributed by atoms with van der Waals surface area (Å²) < 4.78 is 5.66. The van der Waals surface area contributed by atoms with E-state index in [1.165, 1.54) is 5.56 Å². The van der Waals surface area contributed by atoms with E-state index in [0.29, 0.717) is 19.2 Å². The van der Waals surface area contributed by atoms with Crippen LogP contribution in [0.2, 0.25) is 0 Å². The Bertz CT molecular complexity index is 521. The topological polar surface area (TPSA) is 44.8 Å². The van der Waals surface area contributed by atoms with Gasteiger partial charge in [0, 0.05) is 25.7 Å². The maximum atomic E-state index is 12.3. The summed E-state index contributed by atoms with van der Waals surface area (Å²) in [6.07, 6.45) is 0. The van der Waals surface area contributed by atoms with E-state index >= 15 is 0 Å². The van der Waals surface area contributed by atoms with E-state index in [-0.39, 0.29) is 11.9 Å². The van der Waals surface area contributed by atoms with Crippen LogP contribution in [-0.4, -0.2) is 67.6 Å². The van der Waals surface area contributed by atoms with Gasteiger partial charge < -0.3 is 15.0 Å². The van der Waals surface area contributed by atoms with Gasteiger partial charge in [-0.15, -0.1) is 0 Å². The summed E-state index contributed by atoms with van der Waals surface area (Å²) in [6.45, 7) is 10.2. The predicted octanol–water partition coefficient (Wildman–Crippen LogP) is 1.51. The van der Waals surface area contributed by atoms with Crippen molar-refractivity contribution in [3.8, 4) is 5.75 Å². The Balaban J connectivity index is 1.72. The molecule has 1 saturated heterocycles. The molecule has 0 spiro atoms. The first-order chi connectivity index (χ1) is 11.0. The van der Waals surface area contributed by atoms with Gasteiger partial charge in [0.2, 0.25) is 5.91 Å². The molecule has 1 amide bonds. The highest BCUT2D eigenvalue weighted by Gasteiger charge is 2.29. The molecule has 23 heavy (non-hydrogen) atoms. The zero-order valence-electron chi connectivity index (χ0n) is 14.7. The lowest BCUT2D eigenvalue weighted by Gasteiger charge is -2.41. The number of nitrogens with zero attached hydrogens (tertiary/aromatic N) is 2. The first-order valence-corrected chi connectivity index (χ1v) is 8.39. The Kier molecular flexibility index (Phi) is 6.42. The van der Waals surface area contributed by atoms with E-state index in [2.05, 4.69) is 29.1 Å². The van der Waals surface area contributed by atoms with Crippen molar-refractivity contribution in [3.05, 3.63) is 29.8 Å². The molecule has 0 saturated carbocycles. The summed E-state index contributed by atoms with van der Waals surface area (Å²) >= 11 is 0. The van der Waals surface area contributed by atoms with Gasteiger partial charge in [-0.2, -0.15) is 0 Å². The van der Waals surface area contributed by atoms with E-state index in [0.717, 1.165) is 25.4 Å². The molecule has 0 aliphatic carbocycles. The number of carbonyl (C=O) groups is 1. The normalized spacial score (nSPS) is 21.0. The number of piperazine rings is 1. The highest BCUT2D eigenvalue weighted by molar-refractivity contribution is 5.81. The van der Waals surface area contributed by atoms with Gasteiger partial charge in [0.1, 0.15) is 12.4 Å². The molecule has 2 rings (SSSR count). The van der Waals surface area contributed by atoms with Crippen molar-refractivity contribution in [2.45, 2.75) is 32.9 Å². The lowest BCUT2D eigenvalue weighted by Crippen LogP contribution is -2.57. The second-order valence-electron chi connectivity index (χ2n) is 6.48. The Morgan fingerprint density at radius 2 is 2.22 bits per heavy atom. The highest BCUT2D eigenvalue weighted by atomic mass is 16.5. The largest absolute Gasteiger partial charge is 0.492 e. The summed E-state index contributed by atoms with van der Waals surface area (Å²) in [5.41, 5.74) is 1.17. The van der Waals surface area contributed by atoms with Crippen LogP contribution in [-0.2, 0) is 4.79 Å². The van der Waals surface area contributed by atoms with E-state index in [1.54, 1.807) is 0 Å².